The monoisotopic (exact) mass is 280 g/mol. The van der Waals surface area contributed by atoms with E-state index in [1.54, 1.807) is 0 Å². The molecule has 0 saturated heterocycles. The highest BCUT2D eigenvalue weighted by molar-refractivity contribution is 5.71. The van der Waals surface area contributed by atoms with Gasteiger partial charge >= 0.3 is 0 Å². The Balaban J connectivity index is 2.11. The van der Waals surface area contributed by atoms with Crippen molar-refractivity contribution < 1.29 is 5.11 Å². The van der Waals surface area contributed by atoms with Crippen molar-refractivity contribution in [3.8, 4) is 23.2 Å². The number of nitrogens with one attached hydrogen (secondary N) is 1. The molecule has 1 fully saturated rings. The lowest BCUT2D eigenvalue weighted by molar-refractivity contribution is 0.451. The van der Waals surface area contributed by atoms with Gasteiger partial charge in [0, 0.05) is 11.6 Å². The molecule has 0 radical (unpaired) electrons. The summed E-state index contributed by atoms with van der Waals surface area (Å²) >= 11 is 0. The van der Waals surface area contributed by atoms with Crippen molar-refractivity contribution in [3.05, 3.63) is 34.9 Å². The quantitative estimate of drug-likeness (QED) is 0.903. The van der Waals surface area contributed by atoms with Gasteiger partial charge in [-0.2, -0.15) is 10.2 Å². The zero-order chi connectivity index (χ0) is 15.0. The van der Waals surface area contributed by atoms with Gasteiger partial charge in [-0.05, 0) is 43.9 Å². The molecule has 1 aliphatic rings. The third-order valence-electron chi connectivity index (χ3n) is 3.69. The summed E-state index contributed by atoms with van der Waals surface area (Å²) in [5.74, 6) is 0.103. The van der Waals surface area contributed by atoms with Crippen LogP contribution in [-0.4, -0.2) is 21.1 Å². The van der Waals surface area contributed by atoms with Gasteiger partial charge in [-0.15, -0.1) is 0 Å². The van der Waals surface area contributed by atoms with Gasteiger partial charge in [-0.3, -0.25) is 0 Å². The summed E-state index contributed by atoms with van der Waals surface area (Å²) in [5.41, 5.74) is 3.68. The van der Waals surface area contributed by atoms with Crippen LogP contribution in [0, 0.1) is 25.2 Å². The molecule has 0 bridgehead atoms. The summed E-state index contributed by atoms with van der Waals surface area (Å²) in [7, 11) is 0. The first-order valence-electron chi connectivity index (χ1n) is 6.93. The Bertz CT molecular complexity index is 745. The number of aromatic nitrogens is 2. The summed E-state index contributed by atoms with van der Waals surface area (Å²) < 4.78 is 0. The lowest BCUT2D eigenvalue weighted by atomic mass is 10.0. The first-order valence-corrected chi connectivity index (χ1v) is 6.93. The van der Waals surface area contributed by atoms with E-state index in [0.717, 1.165) is 24.0 Å². The molecule has 1 aromatic heterocycles. The van der Waals surface area contributed by atoms with E-state index in [1.165, 1.54) is 5.56 Å². The van der Waals surface area contributed by atoms with E-state index in [9.17, 15) is 10.4 Å². The number of rotatable bonds is 3. The molecule has 5 heteroatoms. The highest BCUT2D eigenvalue weighted by Crippen LogP contribution is 2.31. The fourth-order valence-corrected chi connectivity index (χ4v) is 2.12. The van der Waals surface area contributed by atoms with Crippen molar-refractivity contribution >= 4 is 5.95 Å². The lowest BCUT2D eigenvalue weighted by Gasteiger charge is -2.10. The van der Waals surface area contributed by atoms with Gasteiger partial charge in [0.25, 0.3) is 0 Å². The first-order chi connectivity index (χ1) is 10.1. The Morgan fingerprint density at radius 1 is 1.24 bits per heavy atom. The molecule has 5 nitrogen and oxygen atoms in total. The minimum absolute atomic E-state index is 0.111. The van der Waals surface area contributed by atoms with E-state index in [2.05, 4.69) is 15.3 Å². The Kier molecular flexibility index (Phi) is 3.22. The van der Waals surface area contributed by atoms with Gasteiger partial charge in [0.05, 0.1) is 5.69 Å². The number of benzene rings is 1. The fourth-order valence-electron chi connectivity index (χ4n) is 2.12. The smallest absolute Gasteiger partial charge is 0.234 e. The van der Waals surface area contributed by atoms with Crippen molar-refractivity contribution in [2.45, 2.75) is 32.7 Å². The number of nitrogens with zero attached hydrogens (tertiary/aromatic N) is 3. The molecule has 2 aromatic rings. The van der Waals surface area contributed by atoms with Crippen LogP contribution in [0.1, 0.15) is 29.5 Å². The average Bonchev–Trinajstić information content (AvgIpc) is 3.25. The molecule has 0 spiro atoms. The fraction of sp³-hybridized carbons (Fsp3) is 0.312. The van der Waals surface area contributed by atoms with E-state index in [0.29, 0.717) is 17.7 Å². The number of aryl methyl sites for hydroxylation is 2. The molecule has 0 atom stereocenters. The van der Waals surface area contributed by atoms with Crippen LogP contribution < -0.4 is 5.32 Å². The van der Waals surface area contributed by atoms with Gasteiger partial charge in [-0.25, -0.2) is 4.98 Å². The van der Waals surface area contributed by atoms with Crippen molar-refractivity contribution in [2.24, 2.45) is 0 Å². The zero-order valence-corrected chi connectivity index (χ0v) is 12.0. The number of anilines is 1. The maximum Gasteiger partial charge on any atom is 0.234 e. The standard InChI is InChI=1S/C16H16N4O/c1-9-3-4-11(7-10(9)2)14-13(8-17)15(21)20-16(19-14)18-12-5-6-12/h3-4,7,12H,5-6H2,1-2H3,(H2,18,19,20,21). The lowest BCUT2D eigenvalue weighted by Crippen LogP contribution is -2.07. The van der Waals surface area contributed by atoms with E-state index < -0.39 is 0 Å². The molecule has 1 saturated carbocycles. The summed E-state index contributed by atoms with van der Waals surface area (Å²) in [6.07, 6.45) is 2.17. The number of hydrogen-bond acceptors (Lipinski definition) is 5. The molecule has 106 valence electrons. The maximum atomic E-state index is 9.98. The molecule has 1 aliphatic carbocycles. The minimum Gasteiger partial charge on any atom is -0.492 e. The molecule has 1 heterocycles. The Morgan fingerprint density at radius 2 is 2.00 bits per heavy atom. The molecule has 2 N–H and O–H groups in total. The number of aromatic hydroxyl groups is 1. The van der Waals surface area contributed by atoms with Crippen molar-refractivity contribution in [3.63, 3.8) is 0 Å². The van der Waals surface area contributed by atoms with Crippen LogP contribution in [0.25, 0.3) is 11.3 Å². The average molecular weight is 280 g/mol. The van der Waals surface area contributed by atoms with Crippen LogP contribution in [0.15, 0.2) is 18.2 Å². The van der Waals surface area contributed by atoms with Crippen LogP contribution in [0.3, 0.4) is 0 Å². The topological polar surface area (TPSA) is 81.8 Å². The summed E-state index contributed by atoms with van der Waals surface area (Å²) in [4.78, 5) is 8.38. The molecule has 0 aliphatic heterocycles. The van der Waals surface area contributed by atoms with E-state index in [-0.39, 0.29) is 11.4 Å². The highest BCUT2D eigenvalue weighted by atomic mass is 16.3. The molecule has 3 rings (SSSR count). The van der Waals surface area contributed by atoms with Crippen LogP contribution in [0.4, 0.5) is 5.95 Å². The van der Waals surface area contributed by atoms with Crippen molar-refractivity contribution in [1.29, 1.82) is 5.26 Å². The van der Waals surface area contributed by atoms with Crippen LogP contribution in [0.5, 0.6) is 5.88 Å². The third kappa shape index (κ3) is 2.65. The zero-order valence-electron chi connectivity index (χ0n) is 12.0. The van der Waals surface area contributed by atoms with Crippen molar-refractivity contribution in [2.75, 3.05) is 5.32 Å². The maximum absolute atomic E-state index is 9.98. The van der Waals surface area contributed by atoms with Crippen LogP contribution in [0.2, 0.25) is 0 Å². The Morgan fingerprint density at radius 3 is 2.62 bits per heavy atom. The molecule has 0 amide bonds. The van der Waals surface area contributed by atoms with Gasteiger partial charge in [0.15, 0.2) is 0 Å². The van der Waals surface area contributed by atoms with E-state index in [4.69, 9.17) is 0 Å². The molecule has 0 unspecified atom stereocenters. The predicted molar refractivity (Wildman–Crippen MR) is 80.0 cm³/mol. The van der Waals surface area contributed by atoms with Gasteiger partial charge in [0.2, 0.25) is 11.8 Å². The van der Waals surface area contributed by atoms with E-state index >= 15 is 0 Å². The third-order valence-corrected chi connectivity index (χ3v) is 3.69. The molecular formula is C16H16N4O. The molecule has 1 aromatic carbocycles. The predicted octanol–water partition coefficient (Wildman–Crippen LogP) is 2.91. The van der Waals surface area contributed by atoms with Crippen LogP contribution in [-0.2, 0) is 0 Å². The normalized spacial score (nSPS) is 13.8. The Labute approximate surface area is 123 Å². The second kappa shape index (κ2) is 5.06. The second-order valence-corrected chi connectivity index (χ2v) is 5.42. The largest absolute Gasteiger partial charge is 0.492 e. The SMILES string of the molecule is Cc1ccc(-c2nc(NC3CC3)nc(O)c2C#N)cc1C. The number of hydrogen-bond donors (Lipinski definition) is 2. The van der Waals surface area contributed by atoms with Gasteiger partial charge in [0.1, 0.15) is 11.6 Å². The van der Waals surface area contributed by atoms with E-state index in [1.807, 2.05) is 38.1 Å². The van der Waals surface area contributed by atoms with Crippen LogP contribution >= 0.6 is 0 Å². The number of nitriles is 1. The van der Waals surface area contributed by atoms with Gasteiger partial charge < -0.3 is 10.4 Å². The van der Waals surface area contributed by atoms with Crippen molar-refractivity contribution in [1.82, 2.24) is 9.97 Å². The molecular weight excluding hydrogens is 264 g/mol. The summed E-state index contributed by atoms with van der Waals surface area (Å²) in [6.45, 7) is 4.04. The summed E-state index contributed by atoms with van der Waals surface area (Å²) in [5, 5.41) is 22.4. The Hall–Kier alpha value is -2.61. The molecule has 21 heavy (non-hydrogen) atoms. The second-order valence-electron chi connectivity index (χ2n) is 5.42. The summed E-state index contributed by atoms with van der Waals surface area (Å²) in [6, 6.07) is 8.23. The van der Waals surface area contributed by atoms with Gasteiger partial charge in [-0.1, -0.05) is 12.1 Å². The first kappa shape index (κ1) is 13.4. The highest BCUT2D eigenvalue weighted by Gasteiger charge is 2.24. The minimum atomic E-state index is -0.274.